The molecular formula is C12H21N3. The van der Waals surface area contributed by atoms with E-state index in [2.05, 4.69) is 51.5 Å². The van der Waals surface area contributed by atoms with Gasteiger partial charge in [-0.1, -0.05) is 41.5 Å². The minimum Gasteiger partial charge on any atom is -0.368 e. The Kier molecular flexibility index (Phi) is 2.77. The number of rotatable bonds is 0. The van der Waals surface area contributed by atoms with Gasteiger partial charge in [-0.15, -0.1) is 0 Å². The van der Waals surface area contributed by atoms with Gasteiger partial charge in [-0.05, 0) is 11.0 Å². The zero-order chi connectivity index (χ0) is 11.9. The van der Waals surface area contributed by atoms with Crippen LogP contribution < -0.4 is 5.73 Å². The molecule has 1 rings (SSSR count). The van der Waals surface area contributed by atoms with Crippen LogP contribution >= 0.6 is 0 Å². The zero-order valence-corrected chi connectivity index (χ0v) is 10.5. The topological polar surface area (TPSA) is 51.8 Å². The van der Waals surface area contributed by atoms with Gasteiger partial charge in [0.25, 0.3) is 0 Å². The largest absolute Gasteiger partial charge is 0.368 e. The molecule has 1 aromatic heterocycles. The normalized spacial score (nSPS) is 12.9. The van der Waals surface area contributed by atoms with Crippen LogP contribution in [0.1, 0.15) is 52.8 Å². The smallest absolute Gasteiger partial charge is 0.220 e. The molecule has 0 atom stereocenters. The summed E-state index contributed by atoms with van der Waals surface area (Å²) in [6, 6.07) is 0. The van der Waals surface area contributed by atoms with Crippen molar-refractivity contribution in [1.29, 1.82) is 0 Å². The number of nitrogens with zero attached hydrogens (tertiary/aromatic N) is 2. The van der Waals surface area contributed by atoms with Gasteiger partial charge in [-0.3, -0.25) is 0 Å². The molecule has 0 saturated carbocycles. The summed E-state index contributed by atoms with van der Waals surface area (Å²) >= 11 is 0. The first-order valence-corrected chi connectivity index (χ1v) is 5.26. The van der Waals surface area contributed by atoms with E-state index in [-0.39, 0.29) is 10.8 Å². The number of nitrogen functional groups attached to an aromatic ring is 1. The predicted molar refractivity (Wildman–Crippen MR) is 63.8 cm³/mol. The Morgan fingerprint density at radius 1 is 1.00 bits per heavy atom. The first-order valence-electron chi connectivity index (χ1n) is 5.26. The second-order valence-electron chi connectivity index (χ2n) is 5.99. The summed E-state index contributed by atoms with van der Waals surface area (Å²) < 4.78 is 0. The average molecular weight is 207 g/mol. The van der Waals surface area contributed by atoms with Crippen LogP contribution in [0.2, 0.25) is 0 Å². The maximum atomic E-state index is 5.65. The van der Waals surface area contributed by atoms with Crippen LogP contribution in [0.3, 0.4) is 0 Å². The highest BCUT2D eigenvalue weighted by atomic mass is 15.0. The first kappa shape index (κ1) is 12.0. The number of anilines is 1. The fourth-order valence-corrected chi connectivity index (χ4v) is 1.52. The molecule has 1 aromatic rings. The van der Waals surface area contributed by atoms with E-state index in [0.717, 1.165) is 5.69 Å². The SMILES string of the molecule is CC(C)(C)c1cnc(N)nc1C(C)(C)C. The number of nitrogens with two attached hydrogens (primary N) is 1. The van der Waals surface area contributed by atoms with E-state index in [1.807, 2.05) is 6.20 Å². The van der Waals surface area contributed by atoms with Crippen molar-refractivity contribution in [1.82, 2.24) is 9.97 Å². The number of hydrogen-bond acceptors (Lipinski definition) is 3. The molecule has 0 aliphatic heterocycles. The Morgan fingerprint density at radius 2 is 1.53 bits per heavy atom. The van der Waals surface area contributed by atoms with Crippen molar-refractivity contribution in [2.45, 2.75) is 52.4 Å². The monoisotopic (exact) mass is 207 g/mol. The maximum absolute atomic E-state index is 5.65. The van der Waals surface area contributed by atoms with Crippen molar-refractivity contribution in [2.75, 3.05) is 5.73 Å². The molecule has 0 aromatic carbocycles. The third-order valence-corrected chi connectivity index (χ3v) is 2.33. The molecule has 0 aliphatic carbocycles. The van der Waals surface area contributed by atoms with Crippen molar-refractivity contribution in [3.05, 3.63) is 17.5 Å². The van der Waals surface area contributed by atoms with E-state index < -0.39 is 0 Å². The number of hydrogen-bond donors (Lipinski definition) is 1. The average Bonchev–Trinajstić information content (AvgIpc) is 2.00. The van der Waals surface area contributed by atoms with E-state index in [1.54, 1.807) is 0 Å². The van der Waals surface area contributed by atoms with Crippen LogP contribution in [0, 0.1) is 0 Å². The molecular weight excluding hydrogens is 186 g/mol. The minimum atomic E-state index is -0.000324. The minimum absolute atomic E-state index is 0.000324. The standard InChI is InChI=1S/C12H21N3/c1-11(2,3)8-7-14-10(13)15-9(8)12(4,5)6/h7H,1-6H3,(H2,13,14,15). The molecule has 0 fully saturated rings. The van der Waals surface area contributed by atoms with Gasteiger partial charge in [0, 0.05) is 11.6 Å². The fraction of sp³-hybridized carbons (Fsp3) is 0.667. The summed E-state index contributed by atoms with van der Waals surface area (Å²) in [6.07, 6.45) is 1.85. The van der Waals surface area contributed by atoms with Gasteiger partial charge in [0.15, 0.2) is 0 Å². The van der Waals surface area contributed by atoms with Crippen molar-refractivity contribution < 1.29 is 0 Å². The van der Waals surface area contributed by atoms with Gasteiger partial charge >= 0.3 is 0 Å². The highest BCUT2D eigenvalue weighted by Crippen LogP contribution is 2.31. The predicted octanol–water partition coefficient (Wildman–Crippen LogP) is 2.65. The van der Waals surface area contributed by atoms with Gasteiger partial charge in [0.1, 0.15) is 0 Å². The molecule has 0 unspecified atom stereocenters. The lowest BCUT2D eigenvalue weighted by Gasteiger charge is -2.28. The van der Waals surface area contributed by atoms with E-state index in [4.69, 9.17) is 5.73 Å². The second kappa shape index (κ2) is 3.47. The second-order valence-corrected chi connectivity index (χ2v) is 5.99. The van der Waals surface area contributed by atoms with Gasteiger partial charge in [0.2, 0.25) is 5.95 Å². The Hall–Kier alpha value is -1.12. The molecule has 3 heteroatoms. The quantitative estimate of drug-likeness (QED) is 0.711. The fourth-order valence-electron chi connectivity index (χ4n) is 1.52. The van der Waals surface area contributed by atoms with E-state index in [9.17, 15) is 0 Å². The molecule has 3 nitrogen and oxygen atoms in total. The van der Waals surface area contributed by atoms with Gasteiger partial charge in [0.05, 0.1) is 5.69 Å². The molecule has 0 amide bonds. The van der Waals surface area contributed by atoms with Gasteiger partial charge in [-0.25, -0.2) is 9.97 Å². The third kappa shape index (κ3) is 2.67. The highest BCUT2D eigenvalue weighted by molar-refractivity contribution is 5.34. The lowest BCUT2D eigenvalue weighted by molar-refractivity contribution is 0.511. The van der Waals surface area contributed by atoms with Crippen LogP contribution in [-0.4, -0.2) is 9.97 Å². The zero-order valence-electron chi connectivity index (χ0n) is 10.5. The van der Waals surface area contributed by atoms with Gasteiger partial charge < -0.3 is 5.73 Å². The maximum Gasteiger partial charge on any atom is 0.220 e. The van der Waals surface area contributed by atoms with Crippen molar-refractivity contribution in [2.24, 2.45) is 0 Å². The Bertz CT molecular complexity index is 356. The Labute approximate surface area is 92.1 Å². The molecule has 0 saturated heterocycles. The summed E-state index contributed by atoms with van der Waals surface area (Å²) in [5.41, 5.74) is 7.91. The van der Waals surface area contributed by atoms with Crippen LogP contribution in [0.5, 0.6) is 0 Å². The van der Waals surface area contributed by atoms with Crippen molar-refractivity contribution in [3.63, 3.8) is 0 Å². The first-order chi connectivity index (χ1) is 6.62. The molecule has 15 heavy (non-hydrogen) atoms. The van der Waals surface area contributed by atoms with E-state index in [0.29, 0.717) is 5.95 Å². The molecule has 0 spiro atoms. The highest BCUT2D eigenvalue weighted by Gasteiger charge is 2.27. The van der Waals surface area contributed by atoms with E-state index in [1.165, 1.54) is 5.56 Å². The van der Waals surface area contributed by atoms with Crippen LogP contribution in [0.25, 0.3) is 0 Å². The summed E-state index contributed by atoms with van der Waals surface area (Å²) in [5.74, 6) is 0.355. The van der Waals surface area contributed by atoms with Crippen LogP contribution in [0.4, 0.5) is 5.95 Å². The molecule has 0 aliphatic rings. The molecule has 2 N–H and O–H groups in total. The van der Waals surface area contributed by atoms with Crippen molar-refractivity contribution in [3.8, 4) is 0 Å². The van der Waals surface area contributed by atoms with Crippen LogP contribution in [-0.2, 0) is 10.8 Å². The van der Waals surface area contributed by atoms with Gasteiger partial charge in [-0.2, -0.15) is 0 Å². The van der Waals surface area contributed by atoms with Crippen LogP contribution in [0.15, 0.2) is 6.20 Å². The molecule has 0 radical (unpaired) electrons. The third-order valence-electron chi connectivity index (χ3n) is 2.33. The summed E-state index contributed by atoms with van der Waals surface area (Å²) in [5, 5.41) is 0. The summed E-state index contributed by atoms with van der Waals surface area (Å²) in [4.78, 5) is 8.46. The molecule has 84 valence electrons. The molecule has 0 bridgehead atoms. The number of aromatic nitrogens is 2. The Balaban J connectivity index is 3.41. The van der Waals surface area contributed by atoms with E-state index >= 15 is 0 Å². The molecule has 1 heterocycles. The summed E-state index contributed by atoms with van der Waals surface area (Å²) in [7, 11) is 0. The Morgan fingerprint density at radius 3 is 1.93 bits per heavy atom. The van der Waals surface area contributed by atoms with Crippen molar-refractivity contribution >= 4 is 5.95 Å². The lowest BCUT2D eigenvalue weighted by atomic mass is 9.79. The summed E-state index contributed by atoms with van der Waals surface area (Å²) in [6.45, 7) is 12.9. The lowest BCUT2D eigenvalue weighted by Crippen LogP contribution is -2.24.